The minimum absolute atomic E-state index is 0.0977. The Hall–Kier alpha value is -1.03. The molecule has 0 aliphatic heterocycles. The predicted molar refractivity (Wildman–Crippen MR) is 38.4 cm³/mol. The number of aliphatic carboxylic acids is 2. The zero-order valence-corrected chi connectivity index (χ0v) is 6.55. The van der Waals surface area contributed by atoms with Gasteiger partial charge in [-0.2, -0.15) is 0 Å². The predicted octanol–water partition coefficient (Wildman–Crippen LogP) is 1.06. The van der Waals surface area contributed by atoms with E-state index in [-0.39, 0.29) is 12.0 Å². The van der Waals surface area contributed by atoms with Crippen LogP contribution in [0.4, 0.5) is 0 Å². The normalized spacial score (nSPS) is 12.2. The van der Waals surface area contributed by atoms with Crippen molar-refractivity contribution >= 4 is 23.5 Å². The van der Waals surface area contributed by atoms with Crippen molar-refractivity contribution in [2.45, 2.75) is 13.3 Å². The summed E-state index contributed by atoms with van der Waals surface area (Å²) < 4.78 is 0. The SMILES string of the molecule is CC/C(C(=O)O)=C(/Cl)C(=O)O. The molecule has 0 aliphatic rings. The highest BCUT2D eigenvalue weighted by atomic mass is 35.5. The second kappa shape index (κ2) is 3.98. The summed E-state index contributed by atoms with van der Waals surface area (Å²) in [7, 11) is 0. The van der Waals surface area contributed by atoms with Crippen LogP contribution in [0.15, 0.2) is 10.6 Å². The molecule has 62 valence electrons. The van der Waals surface area contributed by atoms with E-state index >= 15 is 0 Å². The Morgan fingerprint density at radius 2 is 1.73 bits per heavy atom. The van der Waals surface area contributed by atoms with Crippen LogP contribution >= 0.6 is 11.6 Å². The fourth-order valence-electron chi connectivity index (χ4n) is 0.529. The monoisotopic (exact) mass is 178 g/mol. The van der Waals surface area contributed by atoms with Gasteiger partial charge in [-0.05, 0) is 6.42 Å². The van der Waals surface area contributed by atoms with Gasteiger partial charge < -0.3 is 10.2 Å². The number of rotatable bonds is 3. The number of carboxylic acids is 2. The maximum Gasteiger partial charge on any atom is 0.347 e. The van der Waals surface area contributed by atoms with Gasteiger partial charge in [0.25, 0.3) is 0 Å². The molecule has 0 spiro atoms. The van der Waals surface area contributed by atoms with Crippen LogP contribution in [0, 0.1) is 0 Å². The molecule has 0 unspecified atom stereocenters. The van der Waals surface area contributed by atoms with E-state index in [9.17, 15) is 9.59 Å². The van der Waals surface area contributed by atoms with E-state index < -0.39 is 17.0 Å². The minimum atomic E-state index is -1.41. The summed E-state index contributed by atoms with van der Waals surface area (Å²) in [5.74, 6) is -2.70. The highest BCUT2D eigenvalue weighted by molar-refractivity contribution is 6.42. The van der Waals surface area contributed by atoms with Gasteiger partial charge in [0.1, 0.15) is 5.03 Å². The molecular formula is C6H7ClO4. The molecule has 0 fully saturated rings. The molecule has 0 rings (SSSR count). The number of hydrogen-bond acceptors (Lipinski definition) is 2. The van der Waals surface area contributed by atoms with Crippen LogP contribution in [0.25, 0.3) is 0 Å². The highest BCUT2D eigenvalue weighted by Crippen LogP contribution is 2.12. The highest BCUT2D eigenvalue weighted by Gasteiger charge is 2.15. The van der Waals surface area contributed by atoms with E-state index in [2.05, 4.69) is 0 Å². The Kier molecular flexibility index (Phi) is 3.60. The molecule has 5 heteroatoms. The Bertz CT molecular complexity index is 219. The zero-order chi connectivity index (χ0) is 9.02. The number of carboxylic acid groups (broad SMARTS) is 2. The van der Waals surface area contributed by atoms with Gasteiger partial charge in [-0.3, -0.25) is 0 Å². The van der Waals surface area contributed by atoms with E-state index in [1.54, 1.807) is 0 Å². The summed E-state index contributed by atoms with van der Waals surface area (Å²) in [5, 5.41) is 16.0. The van der Waals surface area contributed by atoms with Crippen LogP contribution < -0.4 is 0 Å². The molecule has 11 heavy (non-hydrogen) atoms. The summed E-state index contributed by atoms with van der Waals surface area (Å²) in [6.45, 7) is 1.52. The Labute approximate surface area is 68.1 Å². The second-order valence-corrected chi connectivity index (χ2v) is 2.13. The first-order valence-corrected chi connectivity index (χ1v) is 3.23. The molecule has 4 nitrogen and oxygen atoms in total. The molecule has 0 aliphatic carbocycles. The second-order valence-electron chi connectivity index (χ2n) is 1.76. The standard InChI is InChI=1S/C6H7ClO4/c1-2-3(5(8)9)4(7)6(10)11/h2H2,1H3,(H,8,9)(H,10,11)/b4-3-. The molecule has 0 radical (unpaired) electrons. The fourth-order valence-corrected chi connectivity index (χ4v) is 0.744. The number of halogens is 1. The van der Waals surface area contributed by atoms with Crippen molar-refractivity contribution < 1.29 is 19.8 Å². The van der Waals surface area contributed by atoms with E-state index in [0.717, 1.165) is 0 Å². The van der Waals surface area contributed by atoms with Crippen molar-refractivity contribution in [3.8, 4) is 0 Å². The molecule has 0 atom stereocenters. The maximum absolute atomic E-state index is 10.3. The van der Waals surface area contributed by atoms with Crippen molar-refractivity contribution in [2.75, 3.05) is 0 Å². The lowest BCUT2D eigenvalue weighted by Gasteiger charge is -1.97. The third-order valence-corrected chi connectivity index (χ3v) is 1.45. The fraction of sp³-hybridized carbons (Fsp3) is 0.333. The molecular weight excluding hydrogens is 172 g/mol. The molecule has 0 heterocycles. The van der Waals surface area contributed by atoms with Crippen molar-refractivity contribution in [1.82, 2.24) is 0 Å². The average molecular weight is 179 g/mol. The largest absolute Gasteiger partial charge is 0.478 e. The van der Waals surface area contributed by atoms with Gasteiger partial charge in [-0.1, -0.05) is 18.5 Å². The smallest absolute Gasteiger partial charge is 0.347 e. The molecule has 0 aromatic heterocycles. The van der Waals surface area contributed by atoms with Crippen molar-refractivity contribution in [2.24, 2.45) is 0 Å². The Morgan fingerprint density at radius 1 is 1.27 bits per heavy atom. The molecule has 0 aromatic rings. The third-order valence-electron chi connectivity index (χ3n) is 1.06. The first-order chi connectivity index (χ1) is 5.00. The molecule has 0 bridgehead atoms. The van der Waals surface area contributed by atoms with E-state index in [1.807, 2.05) is 0 Å². The van der Waals surface area contributed by atoms with Gasteiger partial charge in [-0.25, -0.2) is 9.59 Å². The number of hydrogen-bond donors (Lipinski definition) is 2. The Balaban J connectivity index is 4.83. The number of carbonyl (C=O) groups is 2. The van der Waals surface area contributed by atoms with E-state index in [1.165, 1.54) is 6.92 Å². The van der Waals surface area contributed by atoms with Crippen LogP contribution in [0.2, 0.25) is 0 Å². The molecule has 0 aromatic carbocycles. The summed E-state index contributed by atoms with van der Waals surface area (Å²) in [6.07, 6.45) is 0.0977. The summed E-state index contributed by atoms with van der Waals surface area (Å²) in [4.78, 5) is 20.4. The summed E-state index contributed by atoms with van der Waals surface area (Å²) >= 11 is 5.18. The van der Waals surface area contributed by atoms with Crippen LogP contribution in [0.3, 0.4) is 0 Å². The first-order valence-electron chi connectivity index (χ1n) is 2.86. The van der Waals surface area contributed by atoms with Gasteiger partial charge >= 0.3 is 11.9 Å². The van der Waals surface area contributed by atoms with Gasteiger partial charge in [0.05, 0.1) is 5.57 Å². The molecule has 2 N–H and O–H groups in total. The first kappa shape index (κ1) is 9.97. The van der Waals surface area contributed by atoms with Gasteiger partial charge in [0.2, 0.25) is 0 Å². The molecule has 0 saturated heterocycles. The van der Waals surface area contributed by atoms with Gasteiger partial charge in [0.15, 0.2) is 0 Å². The topological polar surface area (TPSA) is 74.6 Å². The summed E-state index contributed by atoms with van der Waals surface area (Å²) in [5.41, 5.74) is -0.279. The maximum atomic E-state index is 10.3. The quantitative estimate of drug-likeness (QED) is 0.634. The summed E-state index contributed by atoms with van der Waals surface area (Å²) in [6, 6.07) is 0. The molecule has 0 saturated carbocycles. The molecule has 0 amide bonds. The minimum Gasteiger partial charge on any atom is -0.478 e. The lowest BCUT2D eigenvalue weighted by molar-refractivity contribution is -0.135. The van der Waals surface area contributed by atoms with Gasteiger partial charge in [0, 0.05) is 0 Å². The van der Waals surface area contributed by atoms with E-state index in [4.69, 9.17) is 21.8 Å². The van der Waals surface area contributed by atoms with Crippen molar-refractivity contribution in [3.63, 3.8) is 0 Å². The lowest BCUT2D eigenvalue weighted by Crippen LogP contribution is -2.06. The van der Waals surface area contributed by atoms with Crippen LogP contribution in [0.1, 0.15) is 13.3 Å². The van der Waals surface area contributed by atoms with Crippen molar-refractivity contribution in [1.29, 1.82) is 0 Å². The zero-order valence-electron chi connectivity index (χ0n) is 5.80. The third kappa shape index (κ3) is 2.59. The van der Waals surface area contributed by atoms with Crippen LogP contribution in [-0.2, 0) is 9.59 Å². The van der Waals surface area contributed by atoms with Gasteiger partial charge in [-0.15, -0.1) is 0 Å². The van der Waals surface area contributed by atoms with E-state index in [0.29, 0.717) is 0 Å². The van der Waals surface area contributed by atoms with Crippen LogP contribution in [0.5, 0.6) is 0 Å². The van der Waals surface area contributed by atoms with Crippen LogP contribution in [-0.4, -0.2) is 22.2 Å². The lowest BCUT2D eigenvalue weighted by atomic mass is 10.2. The average Bonchev–Trinajstić information content (AvgIpc) is 1.88. The van der Waals surface area contributed by atoms with Crippen molar-refractivity contribution in [3.05, 3.63) is 10.6 Å². The Morgan fingerprint density at radius 3 is 1.82 bits per heavy atom.